The molecule has 0 N–H and O–H groups in total. The van der Waals surface area contributed by atoms with Crippen LogP contribution in [0, 0.1) is 0 Å². The van der Waals surface area contributed by atoms with E-state index in [2.05, 4.69) is 0 Å². The van der Waals surface area contributed by atoms with Crippen molar-refractivity contribution in [3.05, 3.63) is 65.4 Å². The first kappa shape index (κ1) is 30.3. The van der Waals surface area contributed by atoms with Crippen molar-refractivity contribution >= 4 is 29.5 Å². The summed E-state index contributed by atoms with van der Waals surface area (Å²) in [5.74, 6) is -1.71. The lowest BCUT2D eigenvalue weighted by Crippen LogP contribution is -2.39. The molecule has 2 aliphatic heterocycles. The number of likely N-dealkylation sites (tertiary alicyclic amines) is 1. The first-order valence-electron chi connectivity index (χ1n) is 12.6. The predicted molar refractivity (Wildman–Crippen MR) is 143 cm³/mol. The molecule has 0 atom stereocenters. The van der Waals surface area contributed by atoms with Gasteiger partial charge in [-0.25, -0.2) is 8.78 Å². The first-order chi connectivity index (χ1) is 19.4. The highest BCUT2D eigenvalue weighted by Crippen LogP contribution is 2.34. The average Bonchev–Trinajstić information content (AvgIpc) is 3.53. The Bertz CT molecular complexity index is 1380. The molecule has 2 aromatic carbocycles. The molecule has 1 aromatic heterocycles. The van der Waals surface area contributed by atoms with Gasteiger partial charge in [0.25, 0.3) is 11.8 Å². The summed E-state index contributed by atoms with van der Waals surface area (Å²) < 4.78 is 71.3. The lowest BCUT2D eigenvalue weighted by atomic mass is 10.1. The Kier molecular flexibility index (Phi) is 9.23. The van der Waals surface area contributed by atoms with Gasteiger partial charge in [-0.15, -0.1) is 0 Å². The second kappa shape index (κ2) is 12.5. The maximum atomic E-state index is 13.4. The van der Waals surface area contributed by atoms with Gasteiger partial charge < -0.3 is 18.9 Å². The number of amides is 1. The van der Waals surface area contributed by atoms with Crippen LogP contribution >= 0.6 is 11.6 Å². The maximum Gasteiger partial charge on any atom is 0.446 e. The number of aldehydes is 1. The van der Waals surface area contributed by atoms with E-state index in [1.165, 1.54) is 7.11 Å². The van der Waals surface area contributed by atoms with Crippen LogP contribution < -0.4 is 14.4 Å². The fourth-order valence-corrected chi connectivity index (χ4v) is 4.72. The van der Waals surface area contributed by atoms with Crippen LogP contribution in [-0.4, -0.2) is 73.7 Å². The molecule has 1 saturated heterocycles. The summed E-state index contributed by atoms with van der Waals surface area (Å²) in [4.78, 5) is 25.4. The molecule has 1 fully saturated rings. The second-order valence-electron chi connectivity index (χ2n) is 9.50. The van der Waals surface area contributed by atoms with Gasteiger partial charge in [-0.3, -0.25) is 14.5 Å². The molecule has 0 radical (unpaired) electrons. The highest BCUT2D eigenvalue weighted by molar-refractivity contribution is 6.30. The standard InChI is InChI=1S/C26H26ClF2N3O3.C2HF3O/c1-34-24-15-21(6-7-23(24)35-13-12-30-9-8-26(28,29)17-30)32-11-10-31-16-19(14-22(31)25(32)33)18-2-4-20(27)5-3-18;3-2(4,5)1-6/h2-7,14-16H,8-13,17H2,1H3;1H. The molecule has 1 amide bonds. The van der Waals surface area contributed by atoms with E-state index in [-0.39, 0.29) is 25.5 Å². The highest BCUT2D eigenvalue weighted by atomic mass is 35.5. The fourth-order valence-electron chi connectivity index (χ4n) is 4.59. The Morgan fingerprint density at radius 2 is 1.71 bits per heavy atom. The molecule has 13 heteroatoms. The summed E-state index contributed by atoms with van der Waals surface area (Å²) in [5, 5.41) is 0.666. The Morgan fingerprint density at radius 1 is 1.00 bits per heavy atom. The van der Waals surface area contributed by atoms with Gasteiger partial charge in [-0.1, -0.05) is 23.7 Å². The van der Waals surface area contributed by atoms with Crippen LogP contribution in [0.5, 0.6) is 11.5 Å². The van der Waals surface area contributed by atoms with Crippen LogP contribution in [0.1, 0.15) is 16.9 Å². The third-order valence-corrected chi connectivity index (χ3v) is 6.86. The molecule has 2 aliphatic rings. The van der Waals surface area contributed by atoms with Crippen molar-refractivity contribution in [2.45, 2.75) is 25.1 Å². The third-order valence-electron chi connectivity index (χ3n) is 6.61. The van der Waals surface area contributed by atoms with Crippen molar-refractivity contribution in [2.24, 2.45) is 0 Å². The molecule has 0 saturated carbocycles. The zero-order valence-corrected chi connectivity index (χ0v) is 22.7. The normalized spacial score (nSPS) is 16.6. The number of anilines is 1. The SMILES string of the molecule is COc1cc(N2CCn3cc(-c4ccc(Cl)cc4)cc3C2=O)ccc1OCCN1CCC(F)(F)C1.O=CC(F)(F)F. The van der Waals surface area contributed by atoms with Gasteiger partial charge in [-0.2, -0.15) is 13.2 Å². The van der Waals surface area contributed by atoms with Gasteiger partial charge in [0.1, 0.15) is 12.3 Å². The van der Waals surface area contributed by atoms with Crippen LogP contribution in [0.3, 0.4) is 0 Å². The maximum absolute atomic E-state index is 13.4. The molecule has 0 spiro atoms. The molecule has 3 aromatic rings. The van der Waals surface area contributed by atoms with Gasteiger partial charge in [0.2, 0.25) is 6.29 Å². The molecule has 7 nitrogen and oxygen atoms in total. The number of ether oxygens (including phenoxy) is 2. The average molecular weight is 600 g/mol. The Hall–Kier alpha value is -3.64. The Morgan fingerprint density at radius 3 is 2.32 bits per heavy atom. The summed E-state index contributed by atoms with van der Waals surface area (Å²) in [6.45, 7) is 2.01. The topological polar surface area (TPSA) is 64.0 Å². The van der Waals surface area contributed by atoms with E-state index in [0.29, 0.717) is 54.1 Å². The van der Waals surface area contributed by atoms with E-state index in [4.69, 9.17) is 25.9 Å². The third kappa shape index (κ3) is 7.76. The summed E-state index contributed by atoms with van der Waals surface area (Å²) in [6, 6.07) is 14.8. The number of rotatable bonds is 7. The van der Waals surface area contributed by atoms with Crippen LogP contribution in [0.4, 0.5) is 27.6 Å². The number of carbonyl (C=O) groups is 2. The Labute approximate surface area is 238 Å². The number of halogens is 6. The molecule has 3 heterocycles. The molecule has 0 aliphatic carbocycles. The quantitative estimate of drug-likeness (QED) is 0.248. The molecule has 0 unspecified atom stereocenters. The monoisotopic (exact) mass is 599 g/mol. The van der Waals surface area contributed by atoms with Crippen molar-refractivity contribution in [3.8, 4) is 22.6 Å². The summed E-state index contributed by atoms with van der Waals surface area (Å²) >= 11 is 6.00. The number of nitrogens with zero attached hydrogens (tertiary/aromatic N) is 3. The lowest BCUT2D eigenvalue weighted by molar-refractivity contribution is -0.156. The van der Waals surface area contributed by atoms with E-state index in [1.54, 1.807) is 21.9 Å². The van der Waals surface area contributed by atoms with Crippen molar-refractivity contribution in [2.75, 3.05) is 44.8 Å². The van der Waals surface area contributed by atoms with Crippen molar-refractivity contribution in [1.29, 1.82) is 0 Å². The molecule has 5 rings (SSSR count). The van der Waals surface area contributed by atoms with Crippen LogP contribution in [0.25, 0.3) is 11.1 Å². The molecular formula is C28H27ClF5N3O4. The van der Waals surface area contributed by atoms with Crippen LogP contribution in [0.2, 0.25) is 5.02 Å². The van der Waals surface area contributed by atoms with Gasteiger partial charge in [0.15, 0.2) is 11.5 Å². The van der Waals surface area contributed by atoms with E-state index < -0.39 is 18.4 Å². The number of methoxy groups -OCH3 is 1. The van der Waals surface area contributed by atoms with Gasteiger partial charge in [0, 0.05) is 61.1 Å². The number of benzene rings is 2. The predicted octanol–water partition coefficient (Wildman–Crippen LogP) is 5.94. The second-order valence-corrected chi connectivity index (χ2v) is 9.93. The summed E-state index contributed by atoms with van der Waals surface area (Å²) in [5.41, 5.74) is 3.28. The van der Waals surface area contributed by atoms with Gasteiger partial charge in [0.05, 0.1) is 13.7 Å². The summed E-state index contributed by atoms with van der Waals surface area (Å²) in [6.07, 6.45) is -3.83. The smallest absolute Gasteiger partial charge is 0.446 e. The molecule has 41 heavy (non-hydrogen) atoms. The number of hydrogen-bond acceptors (Lipinski definition) is 5. The minimum atomic E-state index is -4.64. The Balaban J connectivity index is 0.000000585. The van der Waals surface area contributed by atoms with Crippen LogP contribution in [-0.2, 0) is 11.3 Å². The van der Waals surface area contributed by atoms with Gasteiger partial charge >= 0.3 is 6.18 Å². The number of alkyl halides is 5. The molecule has 220 valence electrons. The number of fused-ring (bicyclic) bond motifs is 1. The number of aromatic nitrogens is 1. The van der Waals surface area contributed by atoms with E-state index in [1.807, 2.05) is 47.2 Å². The van der Waals surface area contributed by atoms with Crippen LogP contribution in [0.15, 0.2) is 54.7 Å². The molecule has 0 bridgehead atoms. The minimum Gasteiger partial charge on any atom is -0.493 e. The minimum absolute atomic E-state index is 0.0952. The van der Waals surface area contributed by atoms with E-state index >= 15 is 0 Å². The lowest BCUT2D eigenvalue weighted by Gasteiger charge is -2.29. The van der Waals surface area contributed by atoms with E-state index in [0.717, 1.165) is 11.1 Å². The van der Waals surface area contributed by atoms with Gasteiger partial charge in [-0.05, 0) is 35.9 Å². The van der Waals surface area contributed by atoms with Crippen molar-refractivity contribution in [1.82, 2.24) is 9.47 Å². The summed E-state index contributed by atoms with van der Waals surface area (Å²) in [7, 11) is 1.54. The number of carbonyl (C=O) groups excluding carboxylic acids is 2. The van der Waals surface area contributed by atoms with E-state index in [9.17, 15) is 26.7 Å². The van der Waals surface area contributed by atoms with Crippen molar-refractivity contribution < 1.29 is 41.0 Å². The fraction of sp³-hybridized carbons (Fsp3) is 0.357. The number of hydrogen-bond donors (Lipinski definition) is 0. The zero-order valence-electron chi connectivity index (χ0n) is 22.0. The first-order valence-corrected chi connectivity index (χ1v) is 13.0. The zero-order chi connectivity index (χ0) is 29.8. The van der Waals surface area contributed by atoms with Crippen molar-refractivity contribution in [3.63, 3.8) is 0 Å². The highest BCUT2D eigenvalue weighted by Gasteiger charge is 2.37. The largest absolute Gasteiger partial charge is 0.493 e. The molecular weight excluding hydrogens is 573 g/mol.